The molecule has 4 nitrogen and oxygen atoms in total. The molecule has 2 N–H and O–H groups in total. The number of rotatable bonds is 5. The van der Waals surface area contributed by atoms with Gasteiger partial charge in [0, 0.05) is 12.7 Å². The Hall–Kier alpha value is -3.16. The average molecular weight is 315 g/mol. The SMILES string of the molecule is N#Cc1ccc(NCC(O)c2ccc(-c3ccccc3)cc2)nc1. The molecule has 2 aromatic carbocycles. The molecule has 0 aliphatic carbocycles. The van der Waals surface area contributed by atoms with E-state index in [4.69, 9.17) is 5.26 Å². The van der Waals surface area contributed by atoms with Gasteiger partial charge in [0.05, 0.1) is 11.7 Å². The molecule has 24 heavy (non-hydrogen) atoms. The summed E-state index contributed by atoms with van der Waals surface area (Å²) in [5, 5.41) is 22.1. The Kier molecular flexibility index (Phi) is 4.85. The minimum atomic E-state index is -0.632. The summed E-state index contributed by atoms with van der Waals surface area (Å²) in [7, 11) is 0. The van der Waals surface area contributed by atoms with Gasteiger partial charge in [0.15, 0.2) is 0 Å². The topological polar surface area (TPSA) is 68.9 Å². The van der Waals surface area contributed by atoms with Crippen LogP contribution in [-0.4, -0.2) is 16.6 Å². The van der Waals surface area contributed by atoms with Crippen molar-refractivity contribution in [2.75, 3.05) is 11.9 Å². The number of aliphatic hydroxyl groups is 1. The van der Waals surface area contributed by atoms with Crippen molar-refractivity contribution in [3.05, 3.63) is 84.1 Å². The molecule has 1 unspecified atom stereocenters. The van der Waals surface area contributed by atoms with Gasteiger partial charge in [-0.1, -0.05) is 54.6 Å². The van der Waals surface area contributed by atoms with Gasteiger partial charge in [-0.3, -0.25) is 0 Å². The Morgan fingerprint density at radius 2 is 1.67 bits per heavy atom. The van der Waals surface area contributed by atoms with Crippen molar-refractivity contribution in [2.24, 2.45) is 0 Å². The lowest BCUT2D eigenvalue weighted by atomic mass is 10.0. The fourth-order valence-corrected chi connectivity index (χ4v) is 2.41. The molecule has 0 saturated carbocycles. The summed E-state index contributed by atoms with van der Waals surface area (Å²) < 4.78 is 0. The highest BCUT2D eigenvalue weighted by atomic mass is 16.3. The Balaban J connectivity index is 1.62. The van der Waals surface area contributed by atoms with Crippen molar-refractivity contribution in [1.82, 2.24) is 4.98 Å². The van der Waals surface area contributed by atoms with Crippen LogP contribution in [0, 0.1) is 11.3 Å². The van der Waals surface area contributed by atoms with Crippen molar-refractivity contribution in [1.29, 1.82) is 5.26 Å². The molecule has 0 spiro atoms. The first-order valence-electron chi connectivity index (χ1n) is 7.70. The van der Waals surface area contributed by atoms with Gasteiger partial charge in [0.1, 0.15) is 11.9 Å². The smallest absolute Gasteiger partial charge is 0.126 e. The highest BCUT2D eigenvalue weighted by Gasteiger charge is 2.08. The number of nitrogens with zero attached hydrogens (tertiary/aromatic N) is 2. The number of nitriles is 1. The van der Waals surface area contributed by atoms with Gasteiger partial charge in [-0.05, 0) is 28.8 Å². The van der Waals surface area contributed by atoms with E-state index in [1.54, 1.807) is 12.1 Å². The van der Waals surface area contributed by atoms with Crippen LogP contribution in [0.2, 0.25) is 0 Å². The number of hydrogen-bond acceptors (Lipinski definition) is 4. The Bertz CT molecular complexity index is 822. The summed E-state index contributed by atoms with van der Waals surface area (Å²) in [6, 6.07) is 23.4. The summed E-state index contributed by atoms with van der Waals surface area (Å²) in [6.07, 6.45) is 0.871. The molecule has 118 valence electrons. The van der Waals surface area contributed by atoms with Gasteiger partial charge < -0.3 is 10.4 Å². The molecule has 1 atom stereocenters. The van der Waals surface area contributed by atoms with Crippen LogP contribution in [0.15, 0.2) is 72.9 Å². The summed E-state index contributed by atoms with van der Waals surface area (Å²) in [6.45, 7) is 0.351. The van der Waals surface area contributed by atoms with Crippen molar-refractivity contribution < 1.29 is 5.11 Å². The van der Waals surface area contributed by atoms with Crippen LogP contribution in [0.4, 0.5) is 5.82 Å². The van der Waals surface area contributed by atoms with Crippen molar-refractivity contribution in [3.63, 3.8) is 0 Å². The van der Waals surface area contributed by atoms with Crippen molar-refractivity contribution >= 4 is 5.82 Å². The zero-order valence-electron chi connectivity index (χ0n) is 13.1. The normalized spacial score (nSPS) is 11.5. The van der Waals surface area contributed by atoms with E-state index >= 15 is 0 Å². The molecule has 3 rings (SSSR count). The number of aliphatic hydroxyl groups excluding tert-OH is 1. The Morgan fingerprint density at radius 3 is 2.29 bits per heavy atom. The maximum Gasteiger partial charge on any atom is 0.126 e. The lowest BCUT2D eigenvalue weighted by molar-refractivity contribution is 0.191. The number of aromatic nitrogens is 1. The number of pyridine rings is 1. The molecular weight excluding hydrogens is 298 g/mol. The Labute approximate surface area is 141 Å². The van der Waals surface area contributed by atoms with Crippen molar-refractivity contribution in [3.8, 4) is 17.2 Å². The van der Waals surface area contributed by atoms with Crippen LogP contribution >= 0.6 is 0 Å². The molecule has 0 bridgehead atoms. The molecule has 1 heterocycles. The first-order valence-corrected chi connectivity index (χ1v) is 7.70. The Morgan fingerprint density at radius 1 is 0.958 bits per heavy atom. The van der Waals surface area contributed by atoms with Gasteiger partial charge >= 0.3 is 0 Å². The van der Waals surface area contributed by atoms with E-state index in [2.05, 4.69) is 22.4 Å². The largest absolute Gasteiger partial charge is 0.387 e. The molecule has 0 aliphatic heterocycles. The van der Waals surface area contributed by atoms with E-state index in [9.17, 15) is 5.11 Å². The molecule has 0 saturated heterocycles. The lowest BCUT2D eigenvalue weighted by Gasteiger charge is -2.13. The van der Waals surface area contributed by atoms with Crippen LogP contribution in [-0.2, 0) is 0 Å². The number of nitrogens with one attached hydrogen (secondary N) is 1. The van der Waals surface area contributed by atoms with Gasteiger partial charge in [-0.25, -0.2) is 4.98 Å². The molecule has 1 aromatic heterocycles. The first kappa shape index (κ1) is 15.7. The minimum Gasteiger partial charge on any atom is -0.387 e. The second-order valence-electron chi connectivity index (χ2n) is 5.43. The predicted molar refractivity (Wildman–Crippen MR) is 94.3 cm³/mol. The van der Waals surface area contributed by atoms with Gasteiger partial charge in [0.2, 0.25) is 0 Å². The van der Waals surface area contributed by atoms with E-state index in [-0.39, 0.29) is 0 Å². The quantitative estimate of drug-likeness (QED) is 0.752. The fourth-order valence-electron chi connectivity index (χ4n) is 2.41. The molecule has 3 aromatic rings. The molecule has 0 aliphatic rings. The summed E-state index contributed by atoms with van der Waals surface area (Å²) >= 11 is 0. The fraction of sp³-hybridized carbons (Fsp3) is 0.100. The van der Waals surface area contributed by atoms with Gasteiger partial charge in [-0.2, -0.15) is 5.26 Å². The summed E-state index contributed by atoms with van der Waals surface area (Å²) in [5.41, 5.74) is 3.63. The maximum atomic E-state index is 10.3. The van der Waals surface area contributed by atoms with Crippen LogP contribution < -0.4 is 5.32 Å². The third kappa shape index (κ3) is 3.78. The van der Waals surface area contributed by atoms with E-state index in [0.717, 1.165) is 16.7 Å². The van der Waals surface area contributed by atoms with E-state index in [1.807, 2.05) is 48.5 Å². The number of anilines is 1. The molecule has 4 heteroatoms. The number of benzene rings is 2. The van der Waals surface area contributed by atoms with Crippen LogP contribution in [0.25, 0.3) is 11.1 Å². The molecule has 0 radical (unpaired) electrons. The zero-order chi connectivity index (χ0) is 16.8. The predicted octanol–water partition coefficient (Wildman–Crippen LogP) is 3.77. The third-order valence-electron chi connectivity index (χ3n) is 3.77. The monoisotopic (exact) mass is 315 g/mol. The minimum absolute atomic E-state index is 0.351. The second-order valence-corrected chi connectivity index (χ2v) is 5.43. The van der Waals surface area contributed by atoms with Crippen molar-refractivity contribution in [2.45, 2.75) is 6.10 Å². The third-order valence-corrected chi connectivity index (χ3v) is 3.77. The van der Waals surface area contributed by atoms with E-state index < -0.39 is 6.10 Å². The van der Waals surface area contributed by atoms with Crippen LogP contribution in [0.1, 0.15) is 17.2 Å². The van der Waals surface area contributed by atoms with Crippen LogP contribution in [0.3, 0.4) is 0 Å². The molecular formula is C20H17N3O. The standard InChI is InChI=1S/C20H17N3O/c21-12-15-6-11-20(22-13-15)23-14-19(24)18-9-7-17(8-10-18)16-4-2-1-3-5-16/h1-11,13,19,24H,14H2,(H,22,23). The molecule has 0 fully saturated rings. The first-order chi connectivity index (χ1) is 11.8. The van der Waals surface area contributed by atoms with Gasteiger partial charge in [-0.15, -0.1) is 0 Å². The van der Waals surface area contributed by atoms with E-state index in [0.29, 0.717) is 17.9 Å². The number of hydrogen-bond donors (Lipinski definition) is 2. The highest BCUT2D eigenvalue weighted by molar-refractivity contribution is 5.63. The molecule has 0 amide bonds. The average Bonchev–Trinajstić information content (AvgIpc) is 2.67. The summed E-state index contributed by atoms with van der Waals surface area (Å²) in [4.78, 5) is 4.12. The van der Waals surface area contributed by atoms with E-state index in [1.165, 1.54) is 6.20 Å². The second kappa shape index (κ2) is 7.40. The summed E-state index contributed by atoms with van der Waals surface area (Å²) in [5.74, 6) is 0.633. The van der Waals surface area contributed by atoms with Crippen LogP contribution in [0.5, 0.6) is 0 Å². The van der Waals surface area contributed by atoms with Gasteiger partial charge in [0.25, 0.3) is 0 Å². The highest BCUT2D eigenvalue weighted by Crippen LogP contribution is 2.22. The maximum absolute atomic E-state index is 10.3. The lowest BCUT2D eigenvalue weighted by Crippen LogP contribution is -2.12. The zero-order valence-corrected chi connectivity index (χ0v) is 13.1.